The lowest BCUT2D eigenvalue weighted by Gasteiger charge is -2.31. The Labute approximate surface area is 190 Å². The molecule has 0 atom stereocenters. The molecule has 0 saturated carbocycles. The molecule has 2 aromatic rings. The summed E-state index contributed by atoms with van der Waals surface area (Å²) in [4.78, 5) is 26.7. The molecule has 32 heavy (non-hydrogen) atoms. The van der Waals surface area contributed by atoms with E-state index in [2.05, 4.69) is 10.6 Å². The lowest BCUT2D eigenvalue weighted by Crippen LogP contribution is -2.41. The molecule has 7 heteroatoms. The summed E-state index contributed by atoms with van der Waals surface area (Å²) in [5.74, 6) is 1.67. The number of carbonyl (C=O) groups is 2. The molecule has 1 aliphatic heterocycles. The average Bonchev–Trinajstić information content (AvgIpc) is 2.80. The van der Waals surface area contributed by atoms with Crippen molar-refractivity contribution in [2.24, 2.45) is 5.92 Å². The first-order valence-electron chi connectivity index (χ1n) is 11.2. The molecule has 0 aromatic heterocycles. The zero-order valence-corrected chi connectivity index (χ0v) is 19.1. The molecule has 0 unspecified atom stereocenters. The number of piperidine rings is 1. The second-order valence-electron chi connectivity index (χ2n) is 8.13. The van der Waals surface area contributed by atoms with Crippen molar-refractivity contribution in [3.05, 3.63) is 53.6 Å². The molecule has 0 aliphatic carbocycles. The Morgan fingerprint density at radius 1 is 1.06 bits per heavy atom. The minimum Gasteiger partial charge on any atom is -0.493 e. The first kappa shape index (κ1) is 23.4. The standard InChI is InChI=1S/C25H33N3O4/c1-4-32-22-10-7-20(15-23(22)31-3)17-26-24(29)16-19-11-13-28(14-12-19)25(30)27-21-8-5-18(2)6-9-21/h5-10,15,19H,4,11-14,16-17H2,1-3H3,(H,26,29)(H,27,30). The number of anilines is 1. The number of aryl methyl sites for hydroxylation is 1. The van der Waals surface area contributed by atoms with Crippen molar-refractivity contribution in [1.82, 2.24) is 10.2 Å². The molecular formula is C25H33N3O4. The maximum Gasteiger partial charge on any atom is 0.321 e. The molecule has 1 aliphatic rings. The molecule has 0 radical (unpaired) electrons. The summed E-state index contributed by atoms with van der Waals surface area (Å²) < 4.78 is 10.9. The van der Waals surface area contributed by atoms with Crippen LogP contribution in [0.5, 0.6) is 11.5 Å². The summed E-state index contributed by atoms with van der Waals surface area (Å²) in [6, 6.07) is 13.4. The van der Waals surface area contributed by atoms with Crippen molar-refractivity contribution in [1.29, 1.82) is 0 Å². The van der Waals surface area contributed by atoms with E-state index in [0.29, 0.717) is 44.2 Å². The lowest BCUT2D eigenvalue weighted by molar-refractivity contribution is -0.122. The smallest absolute Gasteiger partial charge is 0.321 e. The van der Waals surface area contributed by atoms with Gasteiger partial charge in [0.15, 0.2) is 11.5 Å². The summed E-state index contributed by atoms with van der Waals surface area (Å²) >= 11 is 0. The second kappa shape index (κ2) is 11.4. The van der Waals surface area contributed by atoms with E-state index in [1.807, 2.05) is 61.2 Å². The van der Waals surface area contributed by atoms with Crippen LogP contribution in [0.15, 0.2) is 42.5 Å². The maximum atomic E-state index is 12.5. The number of ether oxygens (including phenoxy) is 2. The Kier molecular flexibility index (Phi) is 8.36. The zero-order valence-electron chi connectivity index (χ0n) is 19.1. The van der Waals surface area contributed by atoms with Gasteiger partial charge in [0.05, 0.1) is 13.7 Å². The first-order valence-corrected chi connectivity index (χ1v) is 11.2. The Morgan fingerprint density at radius 3 is 2.44 bits per heavy atom. The third kappa shape index (κ3) is 6.64. The number of nitrogens with zero attached hydrogens (tertiary/aromatic N) is 1. The monoisotopic (exact) mass is 439 g/mol. The Balaban J connectivity index is 1.40. The number of carbonyl (C=O) groups excluding carboxylic acids is 2. The van der Waals surface area contributed by atoms with Crippen molar-refractivity contribution in [3.63, 3.8) is 0 Å². The fourth-order valence-corrected chi connectivity index (χ4v) is 3.81. The highest BCUT2D eigenvalue weighted by Gasteiger charge is 2.24. The number of hydrogen-bond acceptors (Lipinski definition) is 4. The number of nitrogens with one attached hydrogen (secondary N) is 2. The third-order valence-corrected chi connectivity index (χ3v) is 5.70. The van der Waals surface area contributed by atoms with Crippen LogP contribution in [0.3, 0.4) is 0 Å². The number of rotatable bonds is 8. The molecule has 1 fully saturated rings. The molecule has 172 valence electrons. The van der Waals surface area contributed by atoms with Crippen LogP contribution in [0.4, 0.5) is 10.5 Å². The van der Waals surface area contributed by atoms with E-state index in [4.69, 9.17) is 9.47 Å². The number of amides is 3. The highest BCUT2D eigenvalue weighted by atomic mass is 16.5. The van der Waals surface area contributed by atoms with Gasteiger partial charge in [-0.05, 0) is 62.4 Å². The van der Waals surface area contributed by atoms with Crippen LogP contribution >= 0.6 is 0 Å². The van der Waals surface area contributed by atoms with Crippen LogP contribution in [0.1, 0.15) is 37.3 Å². The predicted octanol–water partition coefficient (Wildman–Crippen LogP) is 4.35. The SMILES string of the molecule is CCOc1ccc(CNC(=O)CC2CCN(C(=O)Nc3ccc(C)cc3)CC2)cc1OC. The van der Waals surface area contributed by atoms with E-state index in [9.17, 15) is 9.59 Å². The van der Waals surface area contributed by atoms with Crippen molar-refractivity contribution >= 4 is 17.6 Å². The van der Waals surface area contributed by atoms with E-state index in [0.717, 1.165) is 29.7 Å². The van der Waals surface area contributed by atoms with Gasteiger partial charge in [-0.2, -0.15) is 0 Å². The molecular weight excluding hydrogens is 406 g/mol. The van der Waals surface area contributed by atoms with Crippen LogP contribution in [0.2, 0.25) is 0 Å². The Bertz CT molecular complexity index is 906. The highest BCUT2D eigenvalue weighted by Crippen LogP contribution is 2.28. The lowest BCUT2D eigenvalue weighted by atomic mass is 9.93. The van der Waals surface area contributed by atoms with Gasteiger partial charge in [0.25, 0.3) is 0 Å². The van der Waals surface area contributed by atoms with E-state index < -0.39 is 0 Å². The van der Waals surface area contributed by atoms with Gasteiger partial charge in [-0.3, -0.25) is 4.79 Å². The number of urea groups is 1. The number of benzene rings is 2. The Hall–Kier alpha value is -3.22. The van der Waals surface area contributed by atoms with Crippen molar-refractivity contribution < 1.29 is 19.1 Å². The van der Waals surface area contributed by atoms with Gasteiger partial charge in [0, 0.05) is 31.7 Å². The van der Waals surface area contributed by atoms with Crippen molar-refractivity contribution in [2.45, 2.75) is 39.7 Å². The summed E-state index contributed by atoms with van der Waals surface area (Å²) in [6.07, 6.45) is 2.12. The second-order valence-corrected chi connectivity index (χ2v) is 8.13. The quantitative estimate of drug-likeness (QED) is 0.641. The summed E-state index contributed by atoms with van der Waals surface area (Å²) in [6.45, 7) is 6.27. The van der Waals surface area contributed by atoms with Gasteiger partial charge in [0.1, 0.15) is 0 Å². The van der Waals surface area contributed by atoms with Crippen LogP contribution in [0.25, 0.3) is 0 Å². The molecule has 2 N–H and O–H groups in total. The van der Waals surface area contributed by atoms with Crippen LogP contribution in [0, 0.1) is 12.8 Å². The van der Waals surface area contributed by atoms with Crippen molar-refractivity contribution in [3.8, 4) is 11.5 Å². The summed E-state index contributed by atoms with van der Waals surface area (Å²) in [7, 11) is 1.60. The first-order chi connectivity index (χ1) is 15.5. The minimum atomic E-state index is -0.0822. The van der Waals surface area contributed by atoms with E-state index in [1.165, 1.54) is 0 Å². The maximum absolute atomic E-state index is 12.5. The van der Waals surface area contributed by atoms with E-state index in [-0.39, 0.29) is 17.9 Å². The molecule has 3 rings (SSSR count). The molecule has 3 amide bonds. The fourth-order valence-electron chi connectivity index (χ4n) is 3.81. The molecule has 0 bridgehead atoms. The minimum absolute atomic E-state index is 0.0282. The van der Waals surface area contributed by atoms with Gasteiger partial charge >= 0.3 is 6.03 Å². The number of methoxy groups -OCH3 is 1. The normalized spacial score (nSPS) is 14.0. The predicted molar refractivity (Wildman–Crippen MR) is 125 cm³/mol. The van der Waals surface area contributed by atoms with E-state index >= 15 is 0 Å². The van der Waals surface area contributed by atoms with Gasteiger partial charge < -0.3 is 25.0 Å². The highest BCUT2D eigenvalue weighted by molar-refractivity contribution is 5.89. The van der Waals surface area contributed by atoms with Crippen LogP contribution in [-0.2, 0) is 11.3 Å². The molecule has 7 nitrogen and oxygen atoms in total. The van der Waals surface area contributed by atoms with E-state index in [1.54, 1.807) is 7.11 Å². The van der Waals surface area contributed by atoms with Gasteiger partial charge in [-0.25, -0.2) is 4.79 Å². The Morgan fingerprint density at radius 2 is 1.78 bits per heavy atom. The van der Waals surface area contributed by atoms with Crippen LogP contribution < -0.4 is 20.1 Å². The van der Waals surface area contributed by atoms with Gasteiger partial charge in [-0.1, -0.05) is 23.8 Å². The third-order valence-electron chi connectivity index (χ3n) is 5.70. The molecule has 2 aromatic carbocycles. The zero-order chi connectivity index (χ0) is 22.9. The largest absolute Gasteiger partial charge is 0.493 e. The van der Waals surface area contributed by atoms with Gasteiger partial charge in [-0.15, -0.1) is 0 Å². The number of hydrogen-bond donors (Lipinski definition) is 2. The molecule has 0 spiro atoms. The topological polar surface area (TPSA) is 79.9 Å². The molecule has 1 heterocycles. The average molecular weight is 440 g/mol. The molecule has 1 saturated heterocycles. The number of likely N-dealkylation sites (tertiary alicyclic amines) is 1. The summed E-state index contributed by atoms with van der Waals surface area (Å²) in [5.41, 5.74) is 2.91. The fraction of sp³-hybridized carbons (Fsp3) is 0.440. The summed E-state index contributed by atoms with van der Waals surface area (Å²) in [5, 5.41) is 5.93. The van der Waals surface area contributed by atoms with Gasteiger partial charge in [0.2, 0.25) is 5.91 Å². The van der Waals surface area contributed by atoms with Crippen LogP contribution in [-0.4, -0.2) is 43.6 Å². The van der Waals surface area contributed by atoms with Crippen molar-refractivity contribution in [2.75, 3.05) is 32.1 Å².